The fraction of sp³-hybridized carbons (Fsp3) is 0.455. The van der Waals surface area contributed by atoms with Gasteiger partial charge in [0.2, 0.25) is 0 Å². The van der Waals surface area contributed by atoms with E-state index in [-0.39, 0.29) is 11.2 Å². The van der Waals surface area contributed by atoms with Gasteiger partial charge in [-0.05, 0) is 42.1 Å². The summed E-state index contributed by atoms with van der Waals surface area (Å²) in [6, 6.07) is 4.97. The van der Waals surface area contributed by atoms with Crippen molar-refractivity contribution < 1.29 is 4.39 Å². The summed E-state index contributed by atoms with van der Waals surface area (Å²) in [5.41, 5.74) is 6.43. The highest BCUT2D eigenvalue weighted by atomic mass is 79.9. The van der Waals surface area contributed by atoms with Gasteiger partial charge in [0.1, 0.15) is 5.82 Å². The van der Waals surface area contributed by atoms with Crippen molar-refractivity contribution >= 4 is 15.9 Å². The first-order chi connectivity index (χ1) is 6.45. The normalized spacial score (nSPS) is 11.8. The lowest BCUT2D eigenvalue weighted by Gasteiger charge is -2.24. The molecule has 2 N–H and O–H groups in total. The van der Waals surface area contributed by atoms with Crippen LogP contribution in [0.4, 0.5) is 4.39 Å². The van der Waals surface area contributed by atoms with E-state index in [0.717, 1.165) is 16.5 Å². The molecule has 0 spiro atoms. The molecular weight excluding hydrogens is 245 g/mol. The molecule has 1 aromatic rings. The molecule has 14 heavy (non-hydrogen) atoms. The minimum Gasteiger partial charge on any atom is -0.330 e. The fourth-order valence-electron chi connectivity index (χ4n) is 1.45. The molecule has 0 aliphatic carbocycles. The summed E-state index contributed by atoms with van der Waals surface area (Å²) in [6.07, 6.45) is 0.850. The van der Waals surface area contributed by atoms with Crippen LogP contribution >= 0.6 is 15.9 Å². The first kappa shape index (κ1) is 11.7. The van der Waals surface area contributed by atoms with Crippen LogP contribution in [0.1, 0.15) is 25.8 Å². The Morgan fingerprint density at radius 2 is 2.00 bits per heavy atom. The van der Waals surface area contributed by atoms with E-state index in [0.29, 0.717) is 6.54 Å². The monoisotopic (exact) mass is 259 g/mol. The van der Waals surface area contributed by atoms with Gasteiger partial charge in [-0.15, -0.1) is 0 Å². The summed E-state index contributed by atoms with van der Waals surface area (Å²) < 4.78 is 13.9. The topological polar surface area (TPSA) is 26.0 Å². The zero-order valence-corrected chi connectivity index (χ0v) is 10.1. The van der Waals surface area contributed by atoms with E-state index in [9.17, 15) is 4.39 Å². The molecule has 0 atom stereocenters. The molecule has 0 unspecified atom stereocenters. The summed E-state index contributed by atoms with van der Waals surface area (Å²) >= 11 is 3.29. The Morgan fingerprint density at radius 3 is 2.50 bits per heavy atom. The van der Waals surface area contributed by atoms with Crippen LogP contribution in [-0.2, 0) is 5.41 Å². The Hall–Kier alpha value is -0.410. The van der Waals surface area contributed by atoms with Gasteiger partial charge in [0, 0.05) is 4.47 Å². The molecule has 78 valence electrons. The fourth-order valence-corrected chi connectivity index (χ4v) is 1.92. The number of benzene rings is 1. The van der Waals surface area contributed by atoms with Crippen LogP contribution in [0, 0.1) is 5.82 Å². The van der Waals surface area contributed by atoms with Gasteiger partial charge in [-0.2, -0.15) is 0 Å². The second-order valence-corrected chi connectivity index (χ2v) is 5.00. The van der Waals surface area contributed by atoms with Gasteiger partial charge in [0.25, 0.3) is 0 Å². The van der Waals surface area contributed by atoms with Crippen LogP contribution in [0.2, 0.25) is 0 Å². The van der Waals surface area contributed by atoms with Crippen molar-refractivity contribution in [3.63, 3.8) is 0 Å². The number of hydrogen-bond donors (Lipinski definition) is 1. The molecule has 0 aliphatic heterocycles. The highest BCUT2D eigenvalue weighted by Crippen LogP contribution is 2.29. The predicted molar refractivity (Wildman–Crippen MR) is 60.8 cm³/mol. The van der Waals surface area contributed by atoms with E-state index < -0.39 is 0 Å². The largest absolute Gasteiger partial charge is 0.330 e. The first-order valence-electron chi connectivity index (χ1n) is 4.62. The van der Waals surface area contributed by atoms with E-state index >= 15 is 0 Å². The standard InChI is InChI=1S/C11H15BrFN/c1-11(2,3-4-14)8-5-9(12)7-10(13)6-8/h5-7H,3-4,14H2,1-2H3. The Balaban J connectivity index is 3.05. The van der Waals surface area contributed by atoms with E-state index in [2.05, 4.69) is 29.8 Å². The van der Waals surface area contributed by atoms with Crippen molar-refractivity contribution in [2.45, 2.75) is 25.7 Å². The average molecular weight is 260 g/mol. The highest BCUT2D eigenvalue weighted by Gasteiger charge is 2.20. The van der Waals surface area contributed by atoms with Crippen LogP contribution in [0.25, 0.3) is 0 Å². The average Bonchev–Trinajstić information content (AvgIpc) is 2.02. The molecule has 0 fully saturated rings. The molecule has 1 aromatic carbocycles. The van der Waals surface area contributed by atoms with E-state index in [1.807, 2.05) is 6.07 Å². The van der Waals surface area contributed by atoms with Gasteiger partial charge < -0.3 is 5.73 Å². The van der Waals surface area contributed by atoms with Crippen LogP contribution in [0.15, 0.2) is 22.7 Å². The predicted octanol–water partition coefficient (Wildman–Crippen LogP) is 3.21. The number of nitrogens with two attached hydrogens (primary N) is 1. The number of rotatable bonds is 3. The van der Waals surface area contributed by atoms with Crippen molar-refractivity contribution in [3.05, 3.63) is 34.1 Å². The van der Waals surface area contributed by atoms with Gasteiger partial charge in [0.05, 0.1) is 0 Å². The van der Waals surface area contributed by atoms with Crippen molar-refractivity contribution in [2.24, 2.45) is 5.73 Å². The Labute approximate surface area is 92.6 Å². The third kappa shape index (κ3) is 2.79. The summed E-state index contributed by atoms with van der Waals surface area (Å²) in [5.74, 6) is -0.209. The van der Waals surface area contributed by atoms with Crippen LogP contribution in [0.3, 0.4) is 0 Å². The molecule has 0 bridgehead atoms. The smallest absolute Gasteiger partial charge is 0.124 e. The van der Waals surface area contributed by atoms with Crippen molar-refractivity contribution in [3.8, 4) is 0 Å². The van der Waals surface area contributed by atoms with Crippen molar-refractivity contribution in [2.75, 3.05) is 6.54 Å². The van der Waals surface area contributed by atoms with Gasteiger partial charge in [-0.25, -0.2) is 4.39 Å². The zero-order chi connectivity index (χ0) is 10.8. The molecule has 0 amide bonds. The minimum absolute atomic E-state index is 0.0701. The molecule has 1 nitrogen and oxygen atoms in total. The molecule has 0 saturated carbocycles. The molecule has 0 saturated heterocycles. The lowest BCUT2D eigenvalue weighted by molar-refractivity contribution is 0.482. The highest BCUT2D eigenvalue weighted by molar-refractivity contribution is 9.10. The van der Waals surface area contributed by atoms with Crippen molar-refractivity contribution in [1.29, 1.82) is 0 Å². The van der Waals surface area contributed by atoms with Crippen molar-refractivity contribution in [1.82, 2.24) is 0 Å². The molecule has 3 heteroatoms. The van der Waals surface area contributed by atoms with Crippen LogP contribution in [0.5, 0.6) is 0 Å². The Morgan fingerprint density at radius 1 is 1.36 bits per heavy atom. The quantitative estimate of drug-likeness (QED) is 0.887. The summed E-state index contributed by atoms with van der Waals surface area (Å²) in [4.78, 5) is 0. The summed E-state index contributed by atoms with van der Waals surface area (Å²) in [7, 11) is 0. The maximum Gasteiger partial charge on any atom is 0.124 e. The molecule has 0 aromatic heterocycles. The maximum absolute atomic E-state index is 13.1. The lowest BCUT2D eigenvalue weighted by atomic mass is 9.82. The first-order valence-corrected chi connectivity index (χ1v) is 5.41. The third-order valence-electron chi connectivity index (χ3n) is 2.41. The second-order valence-electron chi connectivity index (χ2n) is 4.08. The van der Waals surface area contributed by atoms with Gasteiger partial charge in [0.15, 0.2) is 0 Å². The summed E-state index contributed by atoms with van der Waals surface area (Å²) in [6.45, 7) is 4.75. The Kier molecular flexibility index (Phi) is 3.67. The Bertz CT molecular complexity index is 303. The molecule has 0 aliphatic rings. The van der Waals surface area contributed by atoms with Gasteiger partial charge >= 0.3 is 0 Å². The second kappa shape index (κ2) is 4.41. The number of hydrogen-bond acceptors (Lipinski definition) is 1. The van der Waals surface area contributed by atoms with Gasteiger partial charge in [-0.3, -0.25) is 0 Å². The molecule has 0 radical (unpaired) electrons. The van der Waals surface area contributed by atoms with E-state index in [4.69, 9.17) is 5.73 Å². The number of halogens is 2. The minimum atomic E-state index is -0.209. The lowest BCUT2D eigenvalue weighted by Crippen LogP contribution is -2.21. The molecule has 0 heterocycles. The van der Waals surface area contributed by atoms with Crippen LogP contribution in [-0.4, -0.2) is 6.54 Å². The van der Waals surface area contributed by atoms with E-state index in [1.54, 1.807) is 6.07 Å². The SMILES string of the molecule is CC(C)(CCN)c1cc(F)cc(Br)c1. The summed E-state index contributed by atoms with van der Waals surface area (Å²) in [5, 5.41) is 0. The van der Waals surface area contributed by atoms with Gasteiger partial charge in [-0.1, -0.05) is 29.8 Å². The van der Waals surface area contributed by atoms with E-state index in [1.165, 1.54) is 6.07 Å². The molecular formula is C11H15BrFN. The third-order valence-corrected chi connectivity index (χ3v) is 2.87. The maximum atomic E-state index is 13.1. The zero-order valence-electron chi connectivity index (χ0n) is 8.48. The van der Waals surface area contributed by atoms with Crippen LogP contribution < -0.4 is 5.73 Å². The molecule has 1 rings (SSSR count).